The molecule has 4 rings (SSSR count). The molecule has 0 radical (unpaired) electrons. The zero-order chi connectivity index (χ0) is 16.7. The second kappa shape index (κ2) is 6.25. The van der Waals surface area contributed by atoms with Crippen LogP contribution in [0.3, 0.4) is 0 Å². The Hall–Kier alpha value is -1.81. The fourth-order valence-corrected chi connectivity index (χ4v) is 5.02. The minimum atomic E-state index is 0.0776. The van der Waals surface area contributed by atoms with Crippen LogP contribution in [0, 0.1) is 17.8 Å². The van der Waals surface area contributed by atoms with Gasteiger partial charge >= 0.3 is 0 Å². The summed E-state index contributed by atoms with van der Waals surface area (Å²) < 4.78 is 0. The Labute approximate surface area is 142 Å². The molecule has 4 nitrogen and oxygen atoms in total. The van der Waals surface area contributed by atoms with E-state index in [0.29, 0.717) is 18.3 Å². The predicted octanol–water partition coefficient (Wildman–Crippen LogP) is 2.80. The van der Waals surface area contributed by atoms with Crippen molar-refractivity contribution in [3.8, 4) is 0 Å². The first kappa shape index (κ1) is 15.7. The maximum absolute atomic E-state index is 12.6. The third kappa shape index (κ3) is 2.53. The number of benzene rings is 1. The van der Waals surface area contributed by atoms with Crippen molar-refractivity contribution < 1.29 is 9.90 Å². The number of aliphatic hydroxyl groups is 1. The number of H-pyrrole nitrogens is 1. The van der Waals surface area contributed by atoms with Crippen molar-refractivity contribution in [2.45, 2.75) is 45.1 Å². The zero-order valence-electron chi connectivity index (χ0n) is 14.2. The van der Waals surface area contributed by atoms with E-state index in [-0.39, 0.29) is 24.5 Å². The van der Waals surface area contributed by atoms with E-state index < -0.39 is 0 Å². The van der Waals surface area contributed by atoms with E-state index in [0.717, 1.165) is 22.9 Å². The van der Waals surface area contributed by atoms with Crippen LogP contribution in [0.5, 0.6) is 0 Å². The molecule has 1 heterocycles. The molecule has 0 saturated heterocycles. The molecule has 4 atom stereocenters. The molecular weight excluding hydrogens is 300 g/mol. The molecular formula is C20H26N2O2. The van der Waals surface area contributed by atoms with Crippen molar-refractivity contribution in [3.05, 3.63) is 35.5 Å². The number of carbonyl (C=O) groups excluding carboxylic acids is 1. The summed E-state index contributed by atoms with van der Waals surface area (Å²) in [5.41, 5.74) is 3.49. The fraction of sp³-hybridized carbons (Fsp3) is 0.550. The van der Waals surface area contributed by atoms with Crippen LogP contribution in [0.2, 0.25) is 0 Å². The lowest BCUT2D eigenvalue weighted by molar-refractivity contribution is -0.122. The van der Waals surface area contributed by atoms with E-state index in [1.54, 1.807) is 0 Å². The van der Waals surface area contributed by atoms with Gasteiger partial charge in [-0.25, -0.2) is 0 Å². The molecule has 128 valence electrons. The Bertz CT molecular complexity index is 751. The highest BCUT2D eigenvalue weighted by Gasteiger charge is 2.47. The topological polar surface area (TPSA) is 65.1 Å². The largest absolute Gasteiger partial charge is 0.396 e. The molecule has 3 N–H and O–H groups in total. The summed E-state index contributed by atoms with van der Waals surface area (Å²) in [4.78, 5) is 15.9. The summed E-state index contributed by atoms with van der Waals surface area (Å²) in [6.07, 6.45) is 6.92. The number of hydrogen-bond donors (Lipinski definition) is 3. The number of aromatic amines is 1. The van der Waals surface area contributed by atoms with Gasteiger partial charge in [0.25, 0.3) is 0 Å². The van der Waals surface area contributed by atoms with Gasteiger partial charge in [-0.05, 0) is 48.6 Å². The van der Waals surface area contributed by atoms with Crippen molar-refractivity contribution >= 4 is 16.8 Å². The van der Waals surface area contributed by atoms with Crippen LogP contribution in [0.1, 0.15) is 37.3 Å². The van der Waals surface area contributed by atoms with E-state index in [4.69, 9.17) is 0 Å². The SMILES string of the molecule is CCc1cccc2c(CC(=O)NC3C4CCC(C4)C3CO)c[nH]c12. The Morgan fingerprint density at radius 3 is 2.92 bits per heavy atom. The Kier molecular flexibility index (Phi) is 4.09. The molecule has 2 fully saturated rings. The number of fused-ring (bicyclic) bond motifs is 3. The quantitative estimate of drug-likeness (QED) is 0.791. The number of aliphatic hydroxyl groups excluding tert-OH is 1. The van der Waals surface area contributed by atoms with Crippen LogP contribution in [-0.2, 0) is 17.6 Å². The van der Waals surface area contributed by atoms with Gasteiger partial charge in [-0.3, -0.25) is 4.79 Å². The number of nitrogens with one attached hydrogen (secondary N) is 2. The molecule has 1 aromatic heterocycles. The van der Waals surface area contributed by atoms with Crippen molar-refractivity contribution in [1.29, 1.82) is 0 Å². The number of amides is 1. The lowest BCUT2D eigenvalue weighted by Crippen LogP contribution is -2.45. The van der Waals surface area contributed by atoms with Gasteiger partial charge in [0.05, 0.1) is 6.42 Å². The van der Waals surface area contributed by atoms with Crippen LogP contribution in [-0.4, -0.2) is 28.6 Å². The number of carbonyl (C=O) groups is 1. The average molecular weight is 326 g/mol. The van der Waals surface area contributed by atoms with Crippen molar-refractivity contribution in [1.82, 2.24) is 10.3 Å². The van der Waals surface area contributed by atoms with Crippen LogP contribution < -0.4 is 5.32 Å². The van der Waals surface area contributed by atoms with Crippen molar-refractivity contribution in [3.63, 3.8) is 0 Å². The highest BCUT2D eigenvalue weighted by atomic mass is 16.3. The average Bonchev–Trinajstić information content (AvgIpc) is 3.29. The Morgan fingerprint density at radius 2 is 2.12 bits per heavy atom. The lowest BCUT2D eigenvalue weighted by atomic mass is 9.85. The lowest BCUT2D eigenvalue weighted by Gasteiger charge is -2.30. The van der Waals surface area contributed by atoms with Gasteiger partial charge < -0.3 is 15.4 Å². The second-order valence-corrected chi connectivity index (χ2v) is 7.46. The molecule has 0 spiro atoms. The highest BCUT2D eigenvalue weighted by Crippen LogP contribution is 2.48. The summed E-state index contributed by atoms with van der Waals surface area (Å²) in [5, 5.41) is 14.1. The number of aromatic nitrogens is 1. The molecule has 0 aliphatic heterocycles. The van der Waals surface area contributed by atoms with E-state index >= 15 is 0 Å². The highest BCUT2D eigenvalue weighted by molar-refractivity contribution is 5.90. The van der Waals surface area contributed by atoms with E-state index in [2.05, 4.69) is 35.4 Å². The minimum absolute atomic E-state index is 0.0776. The van der Waals surface area contributed by atoms with Crippen molar-refractivity contribution in [2.24, 2.45) is 17.8 Å². The predicted molar refractivity (Wildman–Crippen MR) is 94.7 cm³/mol. The number of aryl methyl sites for hydroxylation is 1. The third-order valence-corrected chi connectivity index (χ3v) is 6.25. The molecule has 4 unspecified atom stereocenters. The molecule has 2 aliphatic carbocycles. The van der Waals surface area contributed by atoms with Gasteiger partial charge in [-0.15, -0.1) is 0 Å². The van der Waals surface area contributed by atoms with Crippen LogP contribution in [0.15, 0.2) is 24.4 Å². The summed E-state index contributed by atoms with van der Waals surface area (Å²) in [5.74, 6) is 1.49. The van der Waals surface area contributed by atoms with Gasteiger partial charge in [0.15, 0.2) is 0 Å². The molecule has 1 amide bonds. The first-order chi connectivity index (χ1) is 11.7. The fourth-order valence-electron chi connectivity index (χ4n) is 5.02. The molecule has 24 heavy (non-hydrogen) atoms. The molecule has 1 aromatic carbocycles. The second-order valence-electron chi connectivity index (χ2n) is 7.46. The van der Waals surface area contributed by atoms with Crippen LogP contribution in [0.4, 0.5) is 0 Å². The van der Waals surface area contributed by atoms with Gasteiger partial charge in [0, 0.05) is 35.7 Å². The summed E-state index contributed by atoms with van der Waals surface area (Å²) in [6, 6.07) is 6.44. The molecule has 2 saturated carbocycles. The maximum atomic E-state index is 12.6. The first-order valence-corrected chi connectivity index (χ1v) is 9.19. The van der Waals surface area contributed by atoms with E-state index in [1.807, 2.05) is 6.20 Å². The molecule has 4 heteroatoms. The van der Waals surface area contributed by atoms with Gasteiger partial charge in [-0.1, -0.05) is 25.1 Å². The number of para-hydroxylation sites is 1. The molecule has 2 aromatic rings. The Morgan fingerprint density at radius 1 is 1.29 bits per heavy atom. The van der Waals surface area contributed by atoms with Crippen molar-refractivity contribution in [2.75, 3.05) is 6.61 Å². The van der Waals surface area contributed by atoms with Crippen LogP contribution >= 0.6 is 0 Å². The van der Waals surface area contributed by atoms with E-state index in [9.17, 15) is 9.90 Å². The minimum Gasteiger partial charge on any atom is -0.396 e. The summed E-state index contributed by atoms with van der Waals surface area (Å²) in [7, 11) is 0. The van der Waals surface area contributed by atoms with Gasteiger partial charge in [-0.2, -0.15) is 0 Å². The van der Waals surface area contributed by atoms with Gasteiger partial charge in [0.1, 0.15) is 0 Å². The maximum Gasteiger partial charge on any atom is 0.224 e. The Balaban J connectivity index is 1.49. The first-order valence-electron chi connectivity index (χ1n) is 9.19. The molecule has 2 bridgehead atoms. The third-order valence-electron chi connectivity index (χ3n) is 6.25. The van der Waals surface area contributed by atoms with Crippen LogP contribution in [0.25, 0.3) is 10.9 Å². The number of hydrogen-bond acceptors (Lipinski definition) is 2. The standard InChI is InChI=1S/C20H26N2O2/c1-2-12-4-3-5-16-15(10-21-19(12)16)9-18(24)22-20-14-7-6-13(8-14)17(20)11-23/h3-5,10,13-14,17,20-21,23H,2,6-9,11H2,1H3,(H,22,24). The smallest absolute Gasteiger partial charge is 0.224 e. The zero-order valence-corrected chi connectivity index (χ0v) is 14.2. The summed E-state index contributed by atoms with van der Waals surface area (Å²) in [6.45, 7) is 2.34. The number of rotatable bonds is 5. The van der Waals surface area contributed by atoms with E-state index in [1.165, 1.54) is 24.8 Å². The monoisotopic (exact) mass is 326 g/mol. The normalized spacial score (nSPS) is 28.6. The van der Waals surface area contributed by atoms with Gasteiger partial charge in [0.2, 0.25) is 5.91 Å². The molecule has 2 aliphatic rings. The summed E-state index contributed by atoms with van der Waals surface area (Å²) >= 11 is 0.